The number of benzene rings is 1. The van der Waals surface area contributed by atoms with Crippen LogP contribution in [-0.4, -0.2) is 11.9 Å². The van der Waals surface area contributed by atoms with Crippen LogP contribution in [0.5, 0.6) is 0 Å². The molecule has 0 heterocycles. The van der Waals surface area contributed by atoms with Crippen LogP contribution in [0.1, 0.15) is 31.7 Å². The maximum atomic E-state index is 11.4. The number of hydrogen-bond acceptors (Lipinski definition) is 2. The lowest BCUT2D eigenvalue weighted by atomic mass is 10.2. The predicted octanol–water partition coefficient (Wildman–Crippen LogP) is 2.23. The molecule has 1 aromatic rings. The fraction of sp³-hybridized carbons (Fsp3) is 0.385. The molecule has 1 amide bonds. The minimum Gasteiger partial charge on any atom is -0.370 e. The minimum absolute atomic E-state index is 0. The number of carbonyl (C=O) groups is 1. The average molecular weight is 270 g/mol. The van der Waals surface area contributed by atoms with Crippen molar-refractivity contribution >= 4 is 24.3 Å². The highest BCUT2D eigenvalue weighted by Gasteiger charge is 2.01. The SMILES string of the molecule is CCCCC(=O)NC(N)=NCc1ccccc1.Cl. The summed E-state index contributed by atoms with van der Waals surface area (Å²) in [4.78, 5) is 15.5. The Labute approximate surface area is 114 Å². The summed E-state index contributed by atoms with van der Waals surface area (Å²) in [6.07, 6.45) is 2.37. The van der Waals surface area contributed by atoms with Crippen LogP contribution in [0.3, 0.4) is 0 Å². The zero-order chi connectivity index (χ0) is 12.5. The number of unbranched alkanes of at least 4 members (excludes halogenated alkanes) is 1. The molecule has 0 saturated carbocycles. The monoisotopic (exact) mass is 269 g/mol. The Hall–Kier alpha value is -1.55. The van der Waals surface area contributed by atoms with E-state index >= 15 is 0 Å². The van der Waals surface area contributed by atoms with Crippen molar-refractivity contribution in [2.75, 3.05) is 0 Å². The van der Waals surface area contributed by atoms with Gasteiger partial charge >= 0.3 is 0 Å². The number of hydrogen-bond donors (Lipinski definition) is 2. The van der Waals surface area contributed by atoms with E-state index in [4.69, 9.17) is 5.73 Å². The summed E-state index contributed by atoms with van der Waals surface area (Å²) >= 11 is 0. The molecule has 0 aliphatic heterocycles. The molecular weight excluding hydrogens is 250 g/mol. The Balaban J connectivity index is 0.00000289. The van der Waals surface area contributed by atoms with Crippen molar-refractivity contribution in [1.29, 1.82) is 0 Å². The predicted molar refractivity (Wildman–Crippen MR) is 76.7 cm³/mol. The molecule has 1 rings (SSSR count). The van der Waals surface area contributed by atoms with E-state index in [9.17, 15) is 4.79 Å². The first kappa shape index (κ1) is 16.4. The van der Waals surface area contributed by atoms with Gasteiger partial charge in [-0.15, -0.1) is 12.4 Å². The standard InChI is InChI=1S/C13H19N3O.ClH/c1-2-3-9-12(17)16-13(14)15-10-11-7-5-4-6-8-11;/h4-8H,2-3,9-10H2,1H3,(H3,14,15,16,17);1H. The largest absolute Gasteiger partial charge is 0.370 e. The molecule has 0 aliphatic rings. The molecular formula is C13H20ClN3O. The third-order valence-corrected chi connectivity index (χ3v) is 2.30. The van der Waals surface area contributed by atoms with Crippen molar-refractivity contribution in [3.63, 3.8) is 0 Å². The molecule has 0 atom stereocenters. The molecule has 0 saturated heterocycles. The van der Waals surface area contributed by atoms with Crippen LogP contribution in [-0.2, 0) is 11.3 Å². The highest BCUT2D eigenvalue weighted by atomic mass is 35.5. The fourth-order valence-corrected chi connectivity index (χ4v) is 1.34. The van der Waals surface area contributed by atoms with Gasteiger partial charge in [0.15, 0.2) is 5.96 Å². The third kappa shape index (κ3) is 6.91. The molecule has 0 aromatic heterocycles. The molecule has 1 aromatic carbocycles. The molecule has 0 unspecified atom stereocenters. The molecule has 0 fully saturated rings. The second kappa shape index (κ2) is 9.48. The van der Waals surface area contributed by atoms with Gasteiger partial charge in [-0.2, -0.15) is 0 Å². The lowest BCUT2D eigenvalue weighted by molar-refractivity contribution is -0.119. The van der Waals surface area contributed by atoms with Crippen molar-refractivity contribution in [3.05, 3.63) is 35.9 Å². The number of carbonyl (C=O) groups excluding carboxylic acids is 1. The molecule has 5 heteroatoms. The Morgan fingerprint density at radius 2 is 2.00 bits per heavy atom. The summed E-state index contributed by atoms with van der Waals surface area (Å²) in [5, 5.41) is 2.57. The van der Waals surface area contributed by atoms with E-state index in [1.54, 1.807) is 0 Å². The van der Waals surface area contributed by atoms with Gasteiger partial charge in [0.25, 0.3) is 0 Å². The second-order valence-corrected chi connectivity index (χ2v) is 3.84. The summed E-state index contributed by atoms with van der Waals surface area (Å²) < 4.78 is 0. The molecule has 18 heavy (non-hydrogen) atoms. The van der Waals surface area contributed by atoms with Gasteiger partial charge in [0.1, 0.15) is 0 Å². The number of amides is 1. The topological polar surface area (TPSA) is 67.5 Å². The van der Waals surface area contributed by atoms with Crippen LogP contribution in [0, 0.1) is 0 Å². The van der Waals surface area contributed by atoms with Gasteiger partial charge in [0.2, 0.25) is 5.91 Å². The van der Waals surface area contributed by atoms with E-state index in [1.807, 2.05) is 37.3 Å². The summed E-state index contributed by atoms with van der Waals surface area (Å²) in [5.74, 6) is 0.121. The zero-order valence-corrected chi connectivity index (χ0v) is 11.4. The van der Waals surface area contributed by atoms with E-state index < -0.39 is 0 Å². The van der Waals surface area contributed by atoms with E-state index in [0.29, 0.717) is 13.0 Å². The van der Waals surface area contributed by atoms with Crippen molar-refractivity contribution < 1.29 is 4.79 Å². The van der Waals surface area contributed by atoms with E-state index in [1.165, 1.54) is 0 Å². The maximum Gasteiger partial charge on any atom is 0.226 e. The van der Waals surface area contributed by atoms with Gasteiger partial charge in [-0.3, -0.25) is 10.1 Å². The first-order valence-corrected chi connectivity index (χ1v) is 5.86. The molecule has 0 aliphatic carbocycles. The highest BCUT2D eigenvalue weighted by Crippen LogP contribution is 1.99. The summed E-state index contributed by atoms with van der Waals surface area (Å²) in [6, 6.07) is 9.77. The molecule has 100 valence electrons. The quantitative estimate of drug-likeness (QED) is 0.636. The highest BCUT2D eigenvalue weighted by molar-refractivity contribution is 5.96. The molecule has 0 spiro atoms. The molecule has 0 bridgehead atoms. The number of rotatable bonds is 5. The molecule has 4 nitrogen and oxygen atoms in total. The first-order valence-electron chi connectivity index (χ1n) is 5.86. The van der Waals surface area contributed by atoms with Crippen LogP contribution in [0.4, 0.5) is 0 Å². The van der Waals surface area contributed by atoms with Crippen LogP contribution >= 0.6 is 12.4 Å². The van der Waals surface area contributed by atoms with E-state index in [2.05, 4.69) is 10.3 Å². The second-order valence-electron chi connectivity index (χ2n) is 3.84. The Bertz CT molecular complexity index is 379. The normalized spacial score (nSPS) is 10.6. The number of nitrogens with zero attached hydrogens (tertiary/aromatic N) is 1. The summed E-state index contributed by atoms with van der Waals surface area (Å²) in [5.41, 5.74) is 6.68. The summed E-state index contributed by atoms with van der Waals surface area (Å²) in [7, 11) is 0. The van der Waals surface area contributed by atoms with Crippen molar-refractivity contribution in [2.45, 2.75) is 32.7 Å². The van der Waals surface area contributed by atoms with Crippen molar-refractivity contribution in [3.8, 4) is 0 Å². The number of nitrogens with two attached hydrogens (primary N) is 1. The smallest absolute Gasteiger partial charge is 0.226 e. The summed E-state index contributed by atoms with van der Waals surface area (Å²) in [6.45, 7) is 2.53. The van der Waals surface area contributed by atoms with Gasteiger partial charge in [-0.25, -0.2) is 4.99 Å². The number of aliphatic imine (C=N–C) groups is 1. The molecule has 3 N–H and O–H groups in total. The van der Waals surface area contributed by atoms with Crippen LogP contribution in [0.2, 0.25) is 0 Å². The van der Waals surface area contributed by atoms with Gasteiger partial charge < -0.3 is 5.73 Å². The van der Waals surface area contributed by atoms with Gasteiger partial charge in [0, 0.05) is 6.42 Å². The minimum atomic E-state index is -0.0684. The third-order valence-electron chi connectivity index (χ3n) is 2.30. The van der Waals surface area contributed by atoms with Gasteiger partial charge in [0.05, 0.1) is 6.54 Å². The average Bonchev–Trinajstić information content (AvgIpc) is 2.35. The Kier molecular flexibility index (Phi) is 8.66. The van der Waals surface area contributed by atoms with Crippen molar-refractivity contribution in [1.82, 2.24) is 5.32 Å². The lowest BCUT2D eigenvalue weighted by Crippen LogP contribution is -2.36. The van der Waals surface area contributed by atoms with Crippen LogP contribution in [0.25, 0.3) is 0 Å². The van der Waals surface area contributed by atoms with Gasteiger partial charge in [-0.1, -0.05) is 43.7 Å². The first-order chi connectivity index (χ1) is 8.22. The van der Waals surface area contributed by atoms with E-state index in [0.717, 1.165) is 18.4 Å². The number of halogens is 1. The van der Waals surface area contributed by atoms with Crippen molar-refractivity contribution in [2.24, 2.45) is 10.7 Å². The number of guanidine groups is 1. The lowest BCUT2D eigenvalue weighted by Gasteiger charge is -2.03. The molecule has 0 radical (unpaired) electrons. The van der Waals surface area contributed by atoms with Crippen LogP contribution < -0.4 is 11.1 Å². The van der Waals surface area contributed by atoms with Gasteiger partial charge in [-0.05, 0) is 12.0 Å². The Morgan fingerprint density at radius 3 is 2.61 bits per heavy atom. The maximum absolute atomic E-state index is 11.4. The van der Waals surface area contributed by atoms with E-state index in [-0.39, 0.29) is 24.3 Å². The van der Waals surface area contributed by atoms with Crippen LogP contribution in [0.15, 0.2) is 35.3 Å². The fourth-order valence-electron chi connectivity index (χ4n) is 1.34. The Morgan fingerprint density at radius 1 is 1.33 bits per heavy atom. The zero-order valence-electron chi connectivity index (χ0n) is 10.6. The number of nitrogens with one attached hydrogen (secondary N) is 1.